The van der Waals surface area contributed by atoms with E-state index in [2.05, 4.69) is 24.3 Å². The van der Waals surface area contributed by atoms with Gasteiger partial charge in [-0.1, -0.05) is 108 Å². The van der Waals surface area contributed by atoms with Gasteiger partial charge in [0.1, 0.15) is 0 Å². The zero-order valence-corrected chi connectivity index (χ0v) is 15.4. The highest BCUT2D eigenvalue weighted by Gasteiger charge is 2.10. The molecule has 4 rings (SSSR count). The van der Waals surface area contributed by atoms with Gasteiger partial charge >= 0.3 is 0 Å². The van der Waals surface area contributed by atoms with Crippen molar-refractivity contribution >= 4 is 23.2 Å². The van der Waals surface area contributed by atoms with Crippen molar-refractivity contribution in [2.75, 3.05) is 0 Å². The van der Waals surface area contributed by atoms with Gasteiger partial charge in [-0.05, 0) is 28.3 Å². The van der Waals surface area contributed by atoms with Crippen molar-refractivity contribution in [3.63, 3.8) is 0 Å². The second-order valence-corrected chi connectivity index (χ2v) is 6.81. The van der Waals surface area contributed by atoms with Crippen molar-refractivity contribution in [3.05, 3.63) is 107 Å². The maximum absolute atomic E-state index is 6.56. The van der Waals surface area contributed by atoms with Gasteiger partial charge in [0.15, 0.2) is 0 Å². The van der Waals surface area contributed by atoms with Gasteiger partial charge in [-0.25, -0.2) is 0 Å². The Morgan fingerprint density at radius 1 is 0.538 bits per heavy atom. The van der Waals surface area contributed by atoms with Crippen molar-refractivity contribution in [2.24, 2.45) is 0 Å². The molecule has 0 N–H and O–H groups in total. The lowest BCUT2D eigenvalue weighted by Crippen LogP contribution is -1.85. The molecule has 4 aromatic carbocycles. The van der Waals surface area contributed by atoms with Gasteiger partial charge in [0.05, 0.1) is 5.02 Å². The van der Waals surface area contributed by atoms with Crippen LogP contribution in [0, 0.1) is 6.07 Å². The normalized spacial score (nSPS) is 10.7. The zero-order chi connectivity index (χ0) is 17.9. The van der Waals surface area contributed by atoms with Gasteiger partial charge in [0, 0.05) is 22.2 Å². The summed E-state index contributed by atoms with van der Waals surface area (Å²) in [4.78, 5) is 0. The monoisotopic (exact) mass is 373 g/mol. The van der Waals surface area contributed by atoms with Crippen LogP contribution in [0.3, 0.4) is 0 Å². The summed E-state index contributed by atoms with van der Waals surface area (Å²) in [6, 6.07) is 33.6. The van der Waals surface area contributed by atoms with E-state index in [1.807, 2.05) is 72.8 Å². The summed E-state index contributed by atoms with van der Waals surface area (Å²) >= 11 is 13.1. The van der Waals surface area contributed by atoms with Crippen LogP contribution in [-0.4, -0.2) is 0 Å². The van der Waals surface area contributed by atoms with Crippen LogP contribution >= 0.6 is 23.2 Å². The minimum Gasteiger partial charge on any atom is -0.0836 e. The van der Waals surface area contributed by atoms with Crippen LogP contribution in [0.2, 0.25) is 10.0 Å². The van der Waals surface area contributed by atoms with Crippen LogP contribution in [0.4, 0.5) is 0 Å². The Morgan fingerprint density at radius 3 is 1.77 bits per heavy atom. The largest absolute Gasteiger partial charge is 0.0836 e. The number of hydrogen-bond donors (Lipinski definition) is 0. The van der Waals surface area contributed by atoms with Crippen LogP contribution in [-0.2, 0) is 0 Å². The minimum absolute atomic E-state index is 0.594. The molecule has 0 spiro atoms. The number of rotatable bonds is 3. The average Bonchev–Trinajstić information content (AvgIpc) is 2.69. The predicted octanol–water partition coefficient (Wildman–Crippen LogP) is 7.79. The molecular weight excluding hydrogens is 359 g/mol. The summed E-state index contributed by atoms with van der Waals surface area (Å²) in [5, 5.41) is 1.28. The van der Waals surface area contributed by atoms with Crippen LogP contribution in [0.5, 0.6) is 0 Å². The van der Waals surface area contributed by atoms with Crippen molar-refractivity contribution in [3.8, 4) is 33.4 Å². The first kappa shape index (κ1) is 16.9. The first-order valence-corrected chi connectivity index (χ1v) is 9.10. The van der Waals surface area contributed by atoms with Crippen molar-refractivity contribution in [1.29, 1.82) is 0 Å². The second kappa shape index (κ2) is 7.37. The predicted molar refractivity (Wildman–Crippen MR) is 112 cm³/mol. The fraction of sp³-hybridized carbons (Fsp3) is 0. The molecular formula is C24H15Cl2. The van der Waals surface area contributed by atoms with Crippen molar-refractivity contribution in [1.82, 2.24) is 0 Å². The maximum Gasteiger partial charge on any atom is 0.0569 e. The lowest BCUT2D eigenvalue weighted by molar-refractivity contribution is 1.57. The molecule has 0 aliphatic carbocycles. The number of halogens is 2. The Labute approximate surface area is 163 Å². The first-order valence-electron chi connectivity index (χ1n) is 8.35. The first-order chi connectivity index (χ1) is 12.7. The molecule has 0 aromatic heterocycles. The smallest absolute Gasteiger partial charge is 0.0569 e. The highest BCUT2D eigenvalue weighted by Crippen LogP contribution is 2.36. The Morgan fingerprint density at radius 2 is 1.15 bits per heavy atom. The van der Waals surface area contributed by atoms with E-state index in [-0.39, 0.29) is 0 Å². The maximum atomic E-state index is 6.56. The Bertz CT molecular complexity index is 1040. The molecule has 0 unspecified atom stereocenters. The molecule has 1 radical (unpaired) electrons. The third-order valence-corrected chi connectivity index (χ3v) is 4.96. The van der Waals surface area contributed by atoms with Crippen LogP contribution in [0.15, 0.2) is 91.0 Å². The van der Waals surface area contributed by atoms with Gasteiger partial charge < -0.3 is 0 Å². The van der Waals surface area contributed by atoms with E-state index in [1.165, 1.54) is 0 Å². The zero-order valence-electron chi connectivity index (χ0n) is 13.9. The van der Waals surface area contributed by atoms with Gasteiger partial charge in [0.2, 0.25) is 0 Å². The van der Waals surface area contributed by atoms with Gasteiger partial charge in [0.25, 0.3) is 0 Å². The molecule has 2 heteroatoms. The minimum atomic E-state index is 0.594. The summed E-state index contributed by atoms with van der Waals surface area (Å²) in [6.07, 6.45) is 0. The van der Waals surface area contributed by atoms with E-state index in [9.17, 15) is 0 Å². The lowest BCUT2D eigenvalue weighted by atomic mass is 9.98. The fourth-order valence-electron chi connectivity index (χ4n) is 3.01. The molecule has 0 saturated heterocycles. The molecule has 0 atom stereocenters. The average molecular weight is 374 g/mol. The molecule has 0 nitrogen and oxygen atoms in total. The third kappa shape index (κ3) is 3.39. The molecule has 0 heterocycles. The molecule has 4 aromatic rings. The summed E-state index contributed by atoms with van der Waals surface area (Å²) in [6.45, 7) is 0. The molecule has 0 bridgehead atoms. The summed E-state index contributed by atoms with van der Waals surface area (Å²) in [7, 11) is 0. The molecule has 0 amide bonds. The molecule has 0 aliphatic rings. The van der Waals surface area contributed by atoms with E-state index < -0.39 is 0 Å². The summed E-state index contributed by atoms with van der Waals surface area (Å²) in [5.74, 6) is 0. The Balaban J connectivity index is 1.71. The molecule has 0 saturated carbocycles. The molecule has 26 heavy (non-hydrogen) atoms. The van der Waals surface area contributed by atoms with Crippen molar-refractivity contribution < 1.29 is 0 Å². The van der Waals surface area contributed by atoms with Crippen molar-refractivity contribution in [2.45, 2.75) is 0 Å². The van der Waals surface area contributed by atoms with Gasteiger partial charge in [-0.2, -0.15) is 0 Å². The summed E-state index contributed by atoms with van der Waals surface area (Å²) < 4.78 is 0. The molecule has 125 valence electrons. The van der Waals surface area contributed by atoms with Gasteiger partial charge in [-0.3, -0.25) is 0 Å². The standard InChI is InChI=1S/C24H15Cl2/c25-23-15-19(17-7-3-1-4-8-17)11-13-22(23)20-12-14-21(24(26)16-20)18-9-5-2-6-10-18/h1-15H. The molecule has 0 fully saturated rings. The van der Waals surface area contributed by atoms with Crippen LogP contribution in [0.25, 0.3) is 33.4 Å². The Kier molecular flexibility index (Phi) is 4.79. The quantitative estimate of drug-likeness (QED) is 0.343. The lowest BCUT2D eigenvalue weighted by Gasteiger charge is -2.10. The van der Waals surface area contributed by atoms with E-state index in [0.717, 1.165) is 33.4 Å². The van der Waals surface area contributed by atoms with Crippen LogP contribution in [0.1, 0.15) is 0 Å². The fourth-order valence-corrected chi connectivity index (χ4v) is 3.56. The second-order valence-electron chi connectivity index (χ2n) is 6.03. The highest BCUT2D eigenvalue weighted by atomic mass is 35.5. The van der Waals surface area contributed by atoms with Crippen LogP contribution < -0.4 is 0 Å². The number of hydrogen-bond acceptors (Lipinski definition) is 0. The van der Waals surface area contributed by atoms with E-state index in [4.69, 9.17) is 23.2 Å². The highest BCUT2D eigenvalue weighted by molar-refractivity contribution is 6.35. The Hall–Kier alpha value is -2.54. The van der Waals surface area contributed by atoms with Gasteiger partial charge in [-0.15, -0.1) is 0 Å². The molecule has 0 aliphatic heterocycles. The topological polar surface area (TPSA) is 0 Å². The number of benzene rings is 4. The third-order valence-electron chi connectivity index (χ3n) is 4.35. The van der Waals surface area contributed by atoms with E-state index in [1.54, 1.807) is 0 Å². The summed E-state index contributed by atoms with van der Waals surface area (Å²) in [5.41, 5.74) is 6.08. The SMILES string of the molecule is Clc1[c]c(-c2ccc(-c3ccccc3)cc2Cl)ccc1-c1ccccc1. The van der Waals surface area contributed by atoms with E-state index in [0.29, 0.717) is 10.0 Å². The van der Waals surface area contributed by atoms with E-state index >= 15 is 0 Å².